The lowest BCUT2D eigenvalue weighted by molar-refractivity contribution is 1.05. The van der Waals surface area contributed by atoms with Gasteiger partial charge in [0.15, 0.2) is 0 Å². The number of benzene rings is 2. The molecular formula is C19H12Cl2N2. The van der Waals surface area contributed by atoms with E-state index in [1.54, 1.807) is 6.20 Å². The molecule has 0 saturated heterocycles. The molecule has 0 atom stereocenters. The van der Waals surface area contributed by atoms with E-state index in [-0.39, 0.29) is 0 Å². The summed E-state index contributed by atoms with van der Waals surface area (Å²) in [5.41, 5.74) is 3.14. The molecular weight excluding hydrogens is 327 g/mol. The van der Waals surface area contributed by atoms with Crippen LogP contribution in [-0.2, 0) is 0 Å². The van der Waals surface area contributed by atoms with Crippen molar-refractivity contribution < 1.29 is 0 Å². The first-order chi connectivity index (χ1) is 11.2. The minimum absolute atomic E-state index is 0.544. The van der Waals surface area contributed by atoms with Gasteiger partial charge in [0, 0.05) is 17.1 Å². The van der Waals surface area contributed by atoms with Gasteiger partial charge >= 0.3 is 0 Å². The van der Waals surface area contributed by atoms with Gasteiger partial charge in [-0.2, -0.15) is 0 Å². The fourth-order valence-corrected chi connectivity index (χ4v) is 3.05. The van der Waals surface area contributed by atoms with Gasteiger partial charge in [0.05, 0.1) is 21.3 Å². The van der Waals surface area contributed by atoms with Crippen LogP contribution in [0, 0.1) is 0 Å². The number of pyridine rings is 1. The number of para-hydroxylation sites is 1. The second kappa shape index (κ2) is 5.73. The monoisotopic (exact) mass is 338 g/mol. The molecule has 0 N–H and O–H groups in total. The van der Waals surface area contributed by atoms with Gasteiger partial charge in [0.25, 0.3) is 0 Å². The van der Waals surface area contributed by atoms with Gasteiger partial charge in [-0.05, 0) is 36.4 Å². The molecule has 23 heavy (non-hydrogen) atoms. The first-order valence-corrected chi connectivity index (χ1v) is 7.97. The van der Waals surface area contributed by atoms with Gasteiger partial charge in [0.2, 0.25) is 0 Å². The van der Waals surface area contributed by atoms with Gasteiger partial charge in [-0.15, -0.1) is 0 Å². The number of hydrogen-bond donors (Lipinski definition) is 0. The Morgan fingerprint density at radius 3 is 2.39 bits per heavy atom. The van der Waals surface area contributed by atoms with E-state index in [0.717, 1.165) is 28.0 Å². The summed E-state index contributed by atoms with van der Waals surface area (Å²) in [5.74, 6) is 0.870. The minimum Gasteiger partial charge on any atom is -0.294 e. The summed E-state index contributed by atoms with van der Waals surface area (Å²) in [6.45, 7) is 0. The number of aromatic nitrogens is 2. The summed E-state index contributed by atoms with van der Waals surface area (Å²) in [7, 11) is 0. The van der Waals surface area contributed by atoms with Crippen LogP contribution in [0.3, 0.4) is 0 Å². The average Bonchev–Trinajstić information content (AvgIpc) is 2.97. The number of rotatable bonds is 2. The van der Waals surface area contributed by atoms with Gasteiger partial charge in [-0.1, -0.05) is 53.5 Å². The van der Waals surface area contributed by atoms with Crippen molar-refractivity contribution in [1.82, 2.24) is 9.55 Å². The normalized spacial score (nSPS) is 11.0. The Morgan fingerprint density at radius 1 is 0.783 bits per heavy atom. The molecule has 4 aromatic rings. The Labute approximate surface area is 143 Å². The zero-order chi connectivity index (χ0) is 15.8. The van der Waals surface area contributed by atoms with Gasteiger partial charge in [-0.25, -0.2) is 4.98 Å². The van der Waals surface area contributed by atoms with Crippen LogP contribution >= 0.6 is 23.2 Å². The van der Waals surface area contributed by atoms with Crippen molar-refractivity contribution in [1.29, 1.82) is 0 Å². The smallest absolute Gasteiger partial charge is 0.137 e. The molecule has 0 spiro atoms. The van der Waals surface area contributed by atoms with Crippen LogP contribution in [0.15, 0.2) is 72.9 Å². The molecule has 0 aliphatic rings. The molecule has 2 nitrogen and oxygen atoms in total. The lowest BCUT2D eigenvalue weighted by Crippen LogP contribution is -1.98. The Morgan fingerprint density at radius 2 is 1.61 bits per heavy atom. The molecule has 112 valence electrons. The number of hydrogen-bond acceptors (Lipinski definition) is 1. The molecule has 0 unspecified atom stereocenters. The van der Waals surface area contributed by atoms with Crippen molar-refractivity contribution in [3.8, 4) is 17.1 Å². The molecule has 0 bridgehead atoms. The van der Waals surface area contributed by atoms with E-state index in [2.05, 4.69) is 27.8 Å². The highest BCUT2D eigenvalue weighted by Crippen LogP contribution is 2.34. The summed E-state index contributed by atoms with van der Waals surface area (Å²) < 4.78 is 2.13. The van der Waals surface area contributed by atoms with Crippen LogP contribution < -0.4 is 0 Å². The fraction of sp³-hybridized carbons (Fsp3) is 0. The lowest BCUT2D eigenvalue weighted by Gasteiger charge is -2.10. The molecule has 0 aliphatic carbocycles. The number of fused-ring (bicyclic) bond motifs is 1. The fourth-order valence-electron chi connectivity index (χ4n) is 2.76. The molecule has 0 radical (unpaired) electrons. The topological polar surface area (TPSA) is 17.8 Å². The Bertz CT molecular complexity index is 991. The number of nitrogens with zero attached hydrogens (tertiary/aromatic N) is 2. The van der Waals surface area contributed by atoms with Crippen LogP contribution in [0.2, 0.25) is 10.0 Å². The Balaban J connectivity index is 2.04. The van der Waals surface area contributed by atoms with Crippen LogP contribution in [0.5, 0.6) is 0 Å². The molecule has 0 amide bonds. The molecule has 4 rings (SSSR count). The summed E-state index contributed by atoms with van der Waals surface area (Å²) in [5, 5.41) is 2.25. The van der Waals surface area contributed by atoms with Crippen molar-refractivity contribution in [2.75, 3.05) is 0 Å². The largest absolute Gasteiger partial charge is 0.294 e. The van der Waals surface area contributed by atoms with Gasteiger partial charge in [-0.3, -0.25) is 4.57 Å². The SMILES string of the molecule is Clc1ccc(-c2cc3ccccc3n2-c2ccccn2)cc1Cl. The molecule has 2 heterocycles. The third-order valence-corrected chi connectivity index (χ3v) is 4.54. The number of halogens is 2. The third-order valence-electron chi connectivity index (χ3n) is 3.80. The van der Waals surface area contributed by atoms with Crippen LogP contribution in [-0.4, -0.2) is 9.55 Å². The van der Waals surface area contributed by atoms with E-state index in [9.17, 15) is 0 Å². The van der Waals surface area contributed by atoms with Gasteiger partial charge < -0.3 is 0 Å². The standard InChI is InChI=1S/C19H12Cl2N2/c20-15-9-8-14(11-16(15)21)18-12-13-5-1-2-6-17(13)23(18)19-7-3-4-10-22-19/h1-12H. The maximum Gasteiger partial charge on any atom is 0.137 e. The predicted octanol–water partition coefficient (Wildman–Crippen LogP) is 6.00. The summed E-state index contributed by atoms with van der Waals surface area (Å²) in [4.78, 5) is 4.50. The molecule has 2 aromatic carbocycles. The molecule has 2 aromatic heterocycles. The molecule has 0 fully saturated rings. The Kier molecular flexibility index (Phi) is 3.56. The van der Waals surface area contributed by atoms with Crippen molar-refractivity contribution in [3.05, 3.63) is 83.0 Å². The summed E-state index contributed by atoms with van der Waals surface area (Å²) in [6, 6.07) is 21.9. The van der Waals surface area contributed by atoms with Crippen LogP contribution in [0.25, 0.3) is 28.0 Å². The van der Waals surface area contributed by atoms with E-state index in [1.807, 2.05) is 48.5 Å². The average molecular weight is 339 g/mol. The first kappa shape index (κ1) is 14.3. The van der Waals surface area contributed by atoms with E-state index in [1.165, 1.54) is 0 Å². The van der Waals surface area contributed by atoms with Gasteiger partial charge in [0.1, 0.15) is 5.82 Å². The second-order valence-electron chi connectivity index (χ2n) is 5.24. The Hall–Kier alpha value is -2.29. The first-order valence-electron chi connectivity index (χ1n) is 7.21. The summed E-state index contributed by atoms with van der Waals surface area (Å²) >= 11 is 12.3. The van der Waals surface area contributed by atoms with Crippen LogP contribution in [0.4, 0.5) is 0 Å². The second-order valence-corrected chi connectivity index (χ2v) is 6.06. The zero-order valence-corrected chi connectivity index (χ0v) is 13.6. The van der Waals surface area contributed by atoms with Crippen molar-refractivity contribution in [2.45, 2.75) is 0 Å². The predicted molar refractivity (Wildman–Crippen MR) is 96.5 cm³/mol. The highest BCUT2D eigenvalue weighted by atomic mass is 35.5. The van der Waals surface area contributed by atoms with Crippen molar-refractivity contribution in [2.24, 2.45) is 0 Å². The van der Waals surface area contributed by atoms with E-state index >= 15 is 0 Å². The maximum atomic E-state index is 6.20. The highest BCUT2D eigenvalue weighted by Gasteiger charge is 2.13. The highest BCUT2D eigenvalue weighted by molar-refractivity contribution is 6.42. The maximum absolute atomic E-state index is 6.20. The van der Waals surface area contributed by atoms with Crippen molar-refractivity contribution >= 4 is 34.1 Å². The molecule has 0 aliphatic heterocycles. The van der Waals surface area contributed by atoms with E-state index in [4.69, 9.17) is 23.2 Å². The quantitative estimate of drug-likeness (QED) is 0.438. The van der Waals surface area contributed by atoms with E-state index < -0.39 is 0 Å². The molecule has 4 heteroatoms. The molecule has 0 saturated carbocycles. The third kappa shape index (κ3) is 2.50. The summed E-state index contributed by atoms with van der Waals surface area (Å²) in [6.07, 6.45) is 1.79. The zero-order valence-electron chi connectivity index (χ0n) is 12.1. The van der Waals surface area contributed by atoms with Crippen molar-refractivity contribution in [3.63, 3.8) is 0 Å². The lowest BCUT2D eigenvalue weighted by atomic mass is 10.1. The van der Waals surface area contributed by atoms with Crippen LogP contribution in [0.1, 0.15) is 0 Å². The van der Waals surface area contributed by atoms with E-state index in [0.29, 0.717) is 10.0 Å². The minimum atomic E-state index is 0.544.